The van der Waals surface area contributed by atoms with Crippen LogP contribution in [0.1, 0.15) is 11.6 Å². The van der Waals surface area contributed by atoms with Crippen LogP contribution < -0.4 is 14.8 Å². The Balaban J connectivity index is 1.70. The number of nitrogens with one attached hydrogen (secondary N) is 1. The van der Waals surface area contributed by atoms with E-state index in [-0.39, 0.29) is 6.04 Å². The van der Waals surface area contributed by atoms with Crippen LogP contribution in [0, 0.1) is 0 Å². The Morgan fingerprint density at radius 2 is 2.05 bits per heavy atom. The lowest BCUT2D eigenvalue weighted by Crippen LogP contribution is -2.18. The zero-order chi connectivity index (χ0) is 14.7. The predicted molar refractivity (Wildman–Crippen MR) is 89.2 cm³/mol. The standard InChI is InChI=1S/C16H16BrNO2S/c1-18-14(9-21-13-4-2-3-12(17)8-13)11-5-6-15-16(7-11)20-10-19-15/h2-8,14,18H,9-10H2,1H3. The first-order valence-corrected chi connectivity index (χ1v) is 8.49. The highest BCUT2D eigenvalue weighted by atomic mass is 79.9. The van der Waals surface area contributed by atoms with E-state index < -0.39 is 0 Å². The van der Waals surface area contributed by atoms with Gasteiger partial charge in [-0.1, -0.05) is 28.1 Å². The van der Waals surface area contributed by atoms with Crippen molar-refractivity contribution in [2.75, 3.05) is 19.6 Å². The third kappa shape index (κ3) is 3.54. The predicted octanol–water partition coefficient (Wildman–Crippen LogP) is 4.23. The maximum atomic E-state index is 5.45. The number of halogens is 1. The van der Waals surface area contributed by atoms with E-state index in [0.29, 0.717) is 6.79 Å². The van der Waals surface area contributed by atoms with Crippen molar-refractivity contribution >= 4 is 27.7 Å². The highest BCUT2D eigenvalue weighted by Crippen LogP contribution is 2.35. The molecule has 0 fully saturated rings. The summed E-state index contributed by atoms with van der Waals surface area (Å²) < 4.78 is 11.9. The summed E-state index contributed by atoms with van der Waals surface area (Å²) in [4.78, 5) is 1.25. The minimum atomic E-state index is 0.267. The molecule has 1 heterocycles. The SMILES string of the molecule is CNC(CSc1cccc(Br)c1)c1ccc2c(c1)OCO2. The minimum Gasteiger partial charge on any atom is -0.454 e. The molecule has 0 saturated carbocycles. The van der Waals surface area contributed by atoms with Crippen molar-refractivity contribution in [1.29, 1.82) is 0 Å². The number of thioether (sulfide) groups is 1. The van der Waals surface area contributed by atoms with Crippen LogP contribution in [0.2, 0.25) is 0 Å². The first kappa shape index (κ1) is 14.8. The van der Waals surface area contributed by atoms with E-state index in [1.165, 1.54) is 10.5 Å². The fourth-order valence-electron chi connectivity index (χ4n) is 2.21. The maximum Gasteiger partial charge on any atom is 0.231 e. The van der Waals surface area contributed by atoms with E-state index in [9.17, 15) is 0 Å². The van der Waals surface area contributed by atoms with Crippen LogP contribution >= 0.6 is 27.7 Å². The van der Waals surface area contributed by atoms with Gasteiger partial charge in [-0.25, -0.2) is 0 Å². The summed E-state index contributed by atoms with van der Waals surface area (Å²) in [5.74, 6) is 2.61. The van der Waals surface area contributed by atoms with Crippen LogP contribution in [0.25, 0.3) is 0 Å². The number of rotatable bonds is 5. The molecule has 1 aliphatic heterocycles. The second-order valence-electron chi connectivity index (χ2n) is 4.72. The van der Waals surface area contributed by atoms with Crippen molar-refractivity contribution in [2.45, 2.75) is 10.9 Å². The van der Waals surface area contributed by atoms with Gasteiger partial charge >= 0.3 is 0 Å². The number of hydrogen-bond acceptors (Lipinski definition) is 4. The van der Waals surface area contributed by atoms with Gasteiger partial charge in [0.15, 0.2) is 11.5 Å². The quantitative estimate of drug-likeness (QED) is 0.803. The van der Waals surface area contributed by atoms with Crippen molar-refractivity contribution < 1.29 is 9.47 Å². The van der Waals surface area contributed by atoms with Gasteiger partial charge in [0.2, 0.25) is 6.79 Å². The van der Waals surface area contributed by atoms with Crippen LogP contribution in [0.3, 0.4) is 0 Å². The Hall–Kier alpha value is -1.17. The van der Waals surface area contributed by atoms with Gasteiger partial charge in [-0.3, -0.25) is 0 Å². The lowest BCUT2D eigenvalue weighted by atomic mass is 10.1. The monoisotopic (exact) mass is 365 g/mol. The molecule has 0 aromatic heterocycles. The second-order valence-corrected chi connectivity index (χ2v) is 6.73. The van der Waals surface area contributed by atoms with E-state index in [0.717, 1.165) is 21.7 Å². The highest BCUT2D eigenvalue weighted by molar-refractivity contribution is 9.10. The van der Waals surface area contributed by atoms with Gasteiger partial charge in [-0.05, 0) is 42.9 Å². The van der Waals surface area contributed by atoms with Crippen molar-refractivity contribution in [3.8, 4) is 11.5 Å². The molecule has 0 spiro atoms. The van der Waals surface area contributed by atoms with E-state index in [1.807, 2.05) is 30.9 Å². The van der Waals surface area contributed by atoms with Gasteiger partial charge < -0.3 is 14.8 Å². The van der Waals surface area contributed by atoms with Crippen LogP contribution in [0.4, 0.5) is 0 Å². The van der Waals surface area contributed by atoms with Gasteiger partial charge in [0.25, 0.3) is 0 Å². The topological polar surface area (TPSA) is 30.5 Å². The average molecular weight is 366 g/mol. The average Bonchev–Trinajstić information content (AvgIpc) is 2.95. The Kier molecular flexibility index (Phi) is 4.73. The molecule has 0 aliphatic carbocycles. The molecule has 1 atom stereocenters. The lowest BCUT2D eigenvalue weighted by molar-refractivity contribution is 0.174. The summed E-state index contributed by atoms with van der Waals surface area (Å²) >= 11 is 5.34. The Bertz CT molecular complexity index is 635. The molecule has 21 heavy (non-hydrogen) atoms. The van der Waals surface area contributed by atoms with Crippen molar-refractivity contribution in [1.82, 2.24) is 5.32 Å². The van der Waals surface area contributed by atoms with Crippen molar-refractivity contribution in [3.05, 3.63) is 52.5 Å². The highest BCUT2D eigenvalue weighted by Gasteiger charge is 2.17. The first-order chi connectivity index (χ1) is 10.3. The van der Waals surface area contributed by atoms with Gasteiger partial charge in [0.1, 0.15) is 0 Å². The normalized spacial score (nSPS) is 14.2. The first-order valence-electron chi connectivity index (χ1n) is 6.71. The summed E-state index contributed by atoms with van der Waals surface area (Å²) in [7, 11) is 1.98. The number of ether oxygens (including phenoxy) is 2. The van der Waals surface area contributed by atoms with Crippen molar-refractivity contribution in [3.63, 3.8) is 0 Å². The van der Waals surface area contributed by atoms with E-state index in [1.54, 1.807) is 0 Å². The summed E-state index contributed by atoms with van der Waals surface area (Å²) in [6.45, 7) is 0.315. The maximum absolute atomic E-state index is 5.45. The van der Waals surface area contributed by atoms with Crippen LogP contribution in [0.5, 0.6) is 11.5 Å². The molecule has 1 unspecified atom stereocenters. The van der Waals surface area contributed by atoms with Gasteiger partial charge in [-0.15, -0.1) is 11.8 Å². The molecule has 0 amide bonds. The molecule has 2 aromatic rings. The minimum absolute atomic E-state index is 0.267. The smallest absolute Gasteiger partial charge is 0.231 e. The Labute approximate surface area is 137 Å². The molecule has 0 radical (unpaired) electrons. The molecule has 1 N–H and O–H groups in total. The number of fused-ring (bicyclic) bond motifs is 1. The van der Waals surface area contributed by atoms with E-state index in [2.05, 4.69) is 51.6 Å². The Morgan fingerprint density at radius 3 is 2.86 bits per heavy atom. The number of benzene rings is 2. The van der Waals surface area contributed by atoms with Gasteiger partial charge in [-0.2, -0.15) is 0 Å². The molecular weight excluding hydrogens is 350 g/mol. The third-order valence-corrected chi connectivity index (χ3v) is 4.94. The molecule has 110 valence electrons. The van der Waals surface area contributed by atoms with Crippen LogP contribution in [-0.2, 0) is 0 Å². The summed E-state index contributed by atoms with van der Waals surface area (Å²) in [5.41, 5.74) is 1.21. The molecule has 2 aromatic carbocycles. The largest absolute Gasteiger partial charge is 0.454 e. The zero-order valence-corrected chi connectivity index (χ0v) is 14.0. The summed E-state index contributed by atoms with van der Waals surface area (Å²) in [6.07, 6.45) is 0. The molecular formula is C16H16BrNO2S. The molecule has 3 nitrogen and oxygen atoms in total. The fourth-order valence-corrected chi connectivity index (χ4v) is 3.87. The summed E-state index contributed by atoms with van der Waals surface area (Å²) in [6, 6.07) is 14.8. The molecule has 3 rings (SSSR count). The number of hydrogen-bond donors (Lipinski definition) is 1. The molecule has 1 aliphatic rings. The molecule has 0 bridgehead atoms. The van der Waals surface area contributed by atoms with E-state index in [4.69, 9.17) is 9.47 Å². The van der Waals surface area contributed by atoms with Crippen molar-refractivity contribution in [2.24, 2.45) is 0 Å². The van der Waals surface area contributed by atoms with Crippen LogP contribution in [-0.4, -0.2) is 19.6 Å². The second kappa shape index (κ2) is 6.73. The molecule has 5 heteroatoms. The van der Waals surface area contributed by atoms with Crippen LogP contribution in [0.15, 0.2) is 51.8 Å². The molecule has 0 saturated heterocycles. The zero-order valence-electron chi connectivity index (χ0n) is 11.6. The lowest BCUT2D eigenvalue weighted by Gasteiger charge is -2.16. The summed E-state index contributed by atoms with van der Waals surface area (Å²) in [5, 5.41) is 3.37. The van der Waals surface area contributed by atoms with Gasteiger partial charge in [0, 0.05) is 21.2 Å². The van der Waals surface area contributed by atoms with E-state index >= 15 is 0 Å². The Morgan fingerprint density at radius 1 is 1.19 bits per heavy atom. The van der Waals surface area contributed by atoms with Gasteiger partial charge in [0.05, 0.1) is 0 Å². The fraction of sp³-hybridized carbons (Fsp3) is 0.250. The third-order valence-electron chi connectivity index (χ3n) is 3.36.